The standard InChI is InChI=1S/C20H31N3O4/c1-14-18(20(25)26)13-21-23(14)16-9-11-22(12-10-16)19(24)15(2)27-17-7-5-3-4-6-8-17/h13,15-17H,3-12H2,1-2H3,(H,25,26). The van der Waals surface area contributed by atoms with Gasteiger partial charge in [-0.25, -0.2) is 4.79 Å². The molecule has 1 N–H and O–H groups in total. The number of rotatable bonds is 5. The van der Waals surface area contributed by atoms with Crippen LogP contribution in [0.3, 0.4) is 0 Å². The van der Waals surface area contributed by atoms with Crippen molar-refractivity contribution < 1.29 is 19.4 Å². The first-order valence-electron chi connectivity index (χ1n) is 10.2. The Morgan fingerprint density at radius 1 is 1.15 bits per heavy atom. The first-order valence-corrected chi connectivity index (χ1v) is 10.2. The molecule has 1 atom stereocenters. The maximum Gasteiger partial charge on any atom is 0.339 e. The highest BCUT2D eigenvalue weighted by molar-refractivity contribution is 5.88. The molecule has 0 aromatic carbocycles. The largest absolute Gasteiger partial charge is 0.478 e. The molecule has 1 aromatic heterocycles. The molecule has 1 unspecified atom stereocenters. The van der Waals surface area contributed by atoms with Crippen LogP contribution in [-0.2, 0) is 9.53 Å². The summed E-state index contributed by atoms with van der Waals surface area (Å²) in [5.74, 6) is -0.878. The van der Waals surface area contributed by atoms with Gasteiger partial charge in [0, 0.05) is 13.1 Å². The number of aromatic nitrogens is 2. The van der Waals surface area contributed by atoms with E-state index in [1.807, 2.05) is 11.8 Å². The number of carbonyl (C=O) groups is 2. The minimum Gasteiger partial charge on any atom is -0.478 e. The van der Waals surface area contributed by atoms with Crippen LogP contribution in [0.5, 0.6) is 0 Å². The van der Waals surface area contributed by atoms with Gasteiger partial charge < -0.3 is 14.7 Å². The lowest BCUT2D eigenvalue weighted by Crippen LogP contribution is -2.45. The predicted octanol–water partition coefficient (Wildman–Crippen LogP) is 3.18. The second kappa shape index (κ2) is 8.87. The zero-order valence-electron chi connectivity index (χ0n) is 16.4. The van der Waals surface area contributed by atoms with Gasteiger partial charge in [-0.1, -0.05) is 25.7 Å². The highest BCUT2D eigenvalue weighted by atomic mass is 16.5. The first-order chi connectivity index (χ1) is 13.0. The fraction of sp³-hybridized carbons (Fsp3) is 0.750. The molecule has 150 valence electrons. The van der Waals surface area contributed by atoms with Crippen molar-refractivity contribution in [1.82, 2.24) is 14.7 Å². The summed E-state index contributed by atoms with van der Waals surface area (Å²) < 4.78 is 7.87. The zero-order chi connectivity index (χ0) is 19.4. The molecule has 1 aliphatic carbocycles. The molecule has 2 aliphatic rings. The van der Waals surface area contributed by atoms with E-state index in [0.29, 0.717) is 18.8 Å². The van der Waals surface area contributed by atoms with Crippen LogP contribution in [0, 0.1) is 6.92 Å². The molecule has 1 saturated heterocycles. The van der Waals surface area contributed by atoms with E-state index >= 15 is 0 Å². The van der Waals surface area contributed by atoms with Gasteiger partial charge in [0.05, 0.1) is 24.0 Å². The van der Waals surface area contributed by atoms with Crippen molar-refractivity contribution in [2.24, 2.45) is 0 Å². The Morgan fingerprint density at radius 2 is 1.78 bits per heavy atom. The van der Waals surface area contributed by atoms with Crippen molar-refractivity contribution in [3.63, 3.8) is 0 Å². The predicted molar refractivity (Wildman–Crippen MR) is 101 cm³/mol. The number of hydrogen-bond acceptors (Lipinski definition) is 4. The second-order valence-corrected chi connectivity index (χ2v) is 7.84. The summed E-state index contributed by atoms with van der Waals surface area (Å²) in [5.41, 5.74) is 0.927. The van der Waals surface area contributed by atoms with E-state index in [1.54, 1.807) is 11.6 Å². The van der Waals surface area contributed by atoms with Gasteiger partial charge in [0.25, 0.3) is 5.91 Å². The fourth-order valence-corrected chi connectivity index (χ4v) is 4.31. The average molecular weight is 377 g/mol. The third-order valence-corrected chi connectivity index (χ3v) is 5.94. The number of likely N-dealkylation sites (tertiary alicyclic amines) is 1. The first kappa shape index (κ1) is 19.9. The number of carboxylic acid groups (broad SMARTS) is 1. The van der Waals surface area contributed by atoms with Crippen molar-refractivity contribution in [2.45, 2.75) is 83.5 Å². The van der Waals surface area contributed by atoms with Crippen LogP contribution < -0.4 is 0 Å². The molecular formula is C20H31N3O4. The van der Waals surface area contributed by atoms with E-state index in [9.17, 15) is 14.7 Å². The van der Waals surface area contributed by atoms with Gasteiger partial charge in [0.2, 0.25) is 0 Å². The van der Waals surface area contributed by atoms with Crippen molar-refractivity contribution in [3.05, 3.63) is 17.5 Å². The quantitative estimate of drug-likeness (QED) is 0.797. The highest BCUT2D eigenvalue weighted by Crippen LogP contribution is 2.26. The Kier molecular flexibility index (Phi) is 6.52. The Hall–Kier alpha value is -1.89. The number of hydrogen-bond donors (Lipinski definition) is 1. The molecule has 0 radical (unpaired) electrons. The van der Waals surface area contributed by atoms with Gasteiger partial charge in [-0.2, -0.15) is 5.10 Å². The number of amides is 1. The minimum absolute atomic E-state index is 0.0705. The smallest absolute Gasteiger partial charge is 0.339 e. The van der Waals surface area contributed by atoms with Crippen molar-refractivity contribution in [2.75, 3.05) is 13.1 Å². The molecule has 0 spiro atoms. The topological polar surface area (TPSA) is 84.7 Å². The third-order valence-electron chi connectivity index (χ3n) is 5.94. The lowest BCUT2D eigenvalue weighted by molar-refractivity contribution is -0.148. The van der Waals surface area contributed by atoms with Crippen LogP contribution in [0.2, 0.25) is 0 Å². The second-order valence-electron chi connectivity index (χ2n) is 7.84. The normalized spacial score (nSPS) is 21.0. The van der Waals surface area contributed by atoms with Crippen LogP contribution in [0.4, 0.5) is 0 Å². The van der Waals surface area contributed by atoms with Crippen molar-refractivity contribution in [3.8, 4) is 0 Å². The number of ether oxygens (including phenoxy) is 1. The van der Waals surface area contributed by atoms with E-state index in [2.05, 4.69) is 5.10 Å². The van der Waals surface area contributed by atoms with E-state index in [1.165, 1.54) is 31.9 Å². The van der Waals surface area contributed by atoms with Gasteiger partial charge in [0.15, 0.2) is 0 Å². The molecule has 0 bridgehead atoms. The SMILES string of the molecule is Cc1c(C(=O)O)cnn1C1CCN(C(=O)C(C)OC2CCCCCC2)CC1. The number of carbonyl (C=O) groups excluding carboxylic acids is 1. The van der Waals surface area contributed by atoms with Crippen LogP contribution in [0.25, 0.3) is 0 Å². The Balaban J connectivity index is 1.52. The molecule has 1 aromatic rings. The molecule has 1 amide bonds. The number of carboxylic acids is 1. The summed E-state index contributed by atoms with van der Waals surface area (Å²) in [6, 6.07) is 0.139. The molecule has 2 fully saturated rings. The van der Waals surface area contributed by atoms with Gasteiger partial charge in [0.1, 0.15) is 11.7 Å². The monoisotopic (exact) mass is 377 g/mol. The number of nitrogens with zero attached hydrogens (tertiary/aromatic N) is 3. The lowest BCUT2D eigenvalue weighted by atomic mass is 10.0. The average Bonchev–Trinajstić information content (AvgIpc) is 2.87. The Morgan fingerprint density at radius 3 is 2.33 bits per heavy atom. The van der Waals surface area contributed by atoms with E-state index in [-0.39, 0.29) is 23.6 Å². The van der Waals surface area contributed by atoms with Gasteiger partial charge in [-0.3, -0.25) is 9.48 Å². The van der Waals surface area contributed by atoms with E-state index in [4.69, 9.17) is 4.74 Å². The molecule has 7 heteroatoms. The molecule has 1 saturated carbocycles. The number of aromatic carboxylic acids is 1. The summed E-state index contributed by atoms with van der Waals surface area (Å²) in [7, 11) is 0. The molecule has 7 nitrogen and oxygen atoms in total. The summed E-state index contributed by atoms with van der Waals surface area (Å²) in [5, 5.41) is 13.4. The Bertz CT molecular complexity index is 656. The van der Waals surface area contributed by atoms with E-state index < -0.39 is 12.1 Å². The molecule has 2 heterocycles. The van der Waals surface area contributed by atoms with Crippen molar-refractivity contribution in [1.29, 1.82) is 0 Å². The van der Waals surface area contributed by atoms with Crippen LogP contribution in [-0.4, -0.2) is 57.0 Å². The number of piperidine rings is 1. The summed E-state index contributed by atoms with van der Waals surface area (Å²) in [4.78, 5) is 25.8. The van der Waals surface area contributed by atoms with Crippen LogP contribution >= 0.6 is 0 Å². The maximum absolute atomic E-state index is 12.8. The molecule has 1 aliphatic heterocycles. The highest BCUT2D eigenvalue weighted by Gasteiger charge is 2.30. The molecule has 27 heavy (non-hydrogen) atoms. The maximum atomic E-state index is 12.8. The van der Waals surface area contributed by atoms with Crippen LogP contribution in [0.1, 0.15) is 80.4 Å². The summed E-state index contributed by atoms with van der Waals surface area (Å²) >= 11 is 0. The Labute approximate surface area is 160 Å². The van der Waals surface area contributed by atoms with Gasteiger partial charge >= 0.3 is 5.97 Å². The fourth-order valence-electron chi connectivity index (χ4n) is 4.31. The third kappa shape index (κ3) is 4.69. The van der Waals surface area contributed by atoms with Crippen molar-refractivity contribution >= 4 is 11.9 Å². The van der Waals surface area contributed by atoms with Gasteiger partial charge in [-0.15, -0.1) is 0 Å². The lowest BCUT2D eigenvalue weighted by Gasteiger charge is -2.34. The van der Waals surface area contributed by atoms with Gasteiger partial charge in [-0.05, 0) is 39.5 Å². The molecular weight excluding hydrogens is 346 g/mol. The summed E-state index contributed by atoms with van der Waals surface area (Å²) in [6.45, 7) is 4.97. The molecule has 3 rings (SSSR count). The minimum atomic E-state index is -0.948. The zero-order valence-corrected chi connectivity index (χ0v) is 16.4. The van der Waals surface area contributed by atoms with E-state index in [0.717, 1.165) is 25.7 Å². The summed E-state index contributed by atoms with van der Waals surface area (Å²) in [6.07, 6.45) is 9.84. The van der Waals surface area contributed by atoms with Crippen LogP contribution in [0.15, 0.2) is 6.20 Å².